The van der Waals surface area contributed by atoms with Gasteiger partial charge >= 0.3 is 0 Å². The Labute approximate surface area is 183 Å². The first-order valence-corrected chi connectivity index (χ1v) is 11.6. The van der Waals surface area contributed by atoms with Crippen molar-refractivity contribution in [3.05, 3.63) is 42.2 Å². The highest BCUT2D eigenvalue weighted by atomic mass is 16.3. The van der Waals surface area contributed by atoms with Crippen LogP contribution in [-0.2, 0) is 16.1 Å². The molecular formula is C24H32N4O3. The smallest absolute Gasteiger partial charge is 0.243 e. The van der Waals surface area contributed by atoms with Crippen molar-refractivity contribution in [3.63, 3.8) is 0 Å². The third-order valence-corrected chi connectivity index (χ3v) is 7.69. The van der Waals surface area contributed by atoms with Gasteiger partial charge in [0, 0.05) is 50.4 Å². The third-order valence-electron chi connectivity index (χ3n) is 7.69. The lowest BCUT2D eigenvalue weighted by molar-refractivity contribution is -0.161. The minimum absolute atomic E-state index is 0.0870. The Hall–Kier alpha value is -2.25. The summed E-state index contributed by atoms with van der Waals surface area (Å²) in [6.07, 6.45) is 12.4. The van der Waals surface area contributed by atoms with Crippen LogP contribution in [0.1, 0.15) is 44.1 Å². The van der Waals surface area contributed by atoms with Crippen LogP contribution in [0.15, 0.2) is 36.7 Å². The molecule has 166 valence electrons. The van der Waals surface area contributed by atoms with Crippen LogP contribution < -0.4 is 5.32 Å². The van der Waals surface area contributed by atoms with Crippen LogP contribution in [0.4, 0.5) is 0 Å². The SMILES string of the molecule is O=C(NC1(CO)CC=CC1)[C@H]1[C@@H]2C[C@@H](CN(Cc3cccnc3)C2)[C@@H]2CCCC(=O)N21. The first-order valence-electron chi connectivity index (χ1n) is 11.6. The molecule has 2 amide bonds. The van der Waals surface area contributed by atoms with E-state index in [-0.39, 0.29) is 30.4 Å². The lowest BCUT2D eigenvalue weighted by atomic mass is 9.71. The molecule has 1 aromatic heterocycles. The molecule has 0 aromatic carbocycles. The van der Waals surface area contributed by atoms with Crippen molar-refractivity contribution < 1.29 is 14.7 Å². The largest absolute Gasteiger partial charge is 0.394 e. The summed E-state index contributed by atoms with van der Waals surface area (Å²) in [5, 5.41) is 13.1. The molecule has 7 nitrogen and oxygen atoms in total. The molecule has 0 radical (unpaired) electrons. The number of aliphatic hydroxyl groups excluding tert-OH is 1. The van der Waals surface area contributed by atoms with E-state index in [9.17, 15) is 14.7 Å². The first-order chi connectivity index (χ1) is 15.1. The summed E-state index contributed by atoms with van der Waals surface area (Å²) >= 11 is 0. The van der Waals surface area contributed by atoms with Gasteiger partial charge in [0.15, 0.2) is 0 Å². The second-order valence-corrected chi connectivity index (χ2v) is 9.82. The summed E-state index contributed by atoms with van der Waals surface area (Å²) in [6, 6.07) is 3.74. The van der Waals surface area contributed by atoms with E-state index in [1.54, 1.807) is 6.20 Å². The highest BCUT2D eigenvalue weighted by molar-refractivity contribution is 5.89. The van der Waals surface area contributed by atoms with E-state index in [1.165, 1.54) is 5.56 Å². The van der Waals surface area contributed by atoms with Gasteiger partial charge in [-0.2, -0.15) is 0 Å². The number of nitrogens with one attached hydrogen (secondary N) is 1. The summed E-state index contributed by atoms with van der Waals surface area (Å²) < 4.78 is 0. The number of pyridine rings is 1. The fraction of sp³-hybridized carbons (Fsp3) is 0.625. The molecule has 0 saturated carbocycles. The number of likely N-dealkylation sites (tertiary alicyclic amines) is 1. The number of amides is 2. The zero-order valence-corrected chi connectivity index (χ0v) is 17.9. The minimum Gasteiger partial charge on any atom is -0.394 e. The molecule has 3 saturated heterocycles. The highest BCUT2D eigenvalue weighted by Crippen LogP contribution is 2.42. The Morgan fingerprint density at radius 2 is 2.06 bits per heavy atom. The van der Waals surface area contributed by atoms with E-state index in [4.69, 9.17) is 0 Å². The molecule has 5 rings (SSSR count). The molecule has 3 aliphatic heterocycles. The average Bonchev–Trinajstić information content (AvgIpc) is 3.24. The number of carbonyl (C=O) groups is 2. The van der Waals surface area contributed by atoms with Crippen molar-refractivity contribution >= 4 is 11.8 Å². The molecule has 1 aromatic rings. The van der Waals surface area contributed by atoms with Gasteiger partial charge in [-0.05, 0) is 49.7 Å². The maximum absolute atomic E-state index is 13.6. The van der Waals surface area contributed by atoms with Crippen molar-refractivity contribution in [2.45, 2.75) is 62.7 Å². The Bertz CT molecular complexity index is 850. The summed E-state index contributed by atoms with van der Waals surface area (Å²) in [5.74, 6) is 0.543. The van der Waals surface area contributed by atoms with Crippen molar-refractivity contribution in [2.75, 3.05) is 19.7 Å². The average molecular weight is 425 g/mol. The molecule has 4 atom stereocenters. The quantitative estimate of drug-likeness (QED) is 0.700. The van der Waals surface area contributed by atoms with Gasteiger partial charge in [0.05, 0.1) is 12.1 Å². The maximum atomic E-state index is 13.6. The van der Waals surface area contributed by atoms with Gasteiger partial charge in [0.25, 0.3) is 0 Å². The second-order valence-electron chi connectivity index (χ2n) is 9.82. The predicted molar refractivity (Wildman–Crippen MR) is 116 cm³/mol. The van der Waals surface area contributed by atoms with E-state index in [0.29, 0.717) is 25.2 Å². The minimum atomic E-state index is -0.619. The van der Waals surface area contributed by atoms with Crippen LogP contribution in [-0.4, -0.2) is 69.0 Å². The monoisotopic (exact) mass is 424 g/mol. The van der Waals surface area contributed by atoms with E-state index in [2.05, 4.69) is 21.3 Å². The number of nitrogens with zero attached hydrogens (tertiary/aromatic N) is 3. The summed E-state index contributed by atoms with van der Waals surface area (Å²) in [4.78, 5) is 35.2. The normalized spacial score (nSPS) is 32.0. The molecule has 3 fully saturated rings. The molecule has 4 heterocycles. The van der Waals surface area contributed by atoms with E-state index < -0.39 is 11.6 Å². The number of carbonyl (C=O) groups excluding carboxylic acids is 2. The van der Waals surface area contributed by atoms with Gasteiger partial charge in [-0.3, -0.25) is 19.5 Å². The number of aromatic nitrogens is 1. The number of hydrogen-bond donors (Lipinski definition) is 2. The van der Waals surface area contributed by atoms with Crippen LogP contribution in [0.5, 0.6) is 0 Å². The van der Waals surface area contributed by atoms with Crippen molar-refractivity contribution in [3.8, 4) is 0 Å². The number of rotatable bonds is 5. The summed E-state index contributed by atoms with van der Waals surface area (Å²) in [5.41, 5.74) is 0.558. The van der Waals surface area contributed by atoms with Crippen LogP contribution in [0.3, 0.4) is 0 Å². The molecule has 4 aliphatic rings. The Morgan fingerprint density at radius 1 is 1.26 bits per heavy atom. The number of hydrogen-bond acceptors (Lipinski definition) is 5. The zero-order valence-electron chi connectivity index (χ0n) is 17.9. The van der Waals surface area contributed by atoms with Gasteiger partial charge in [0.2, 0.25) is 11.8 Å². The molecule has 7 heteroatoms. The van der Waals surface area contributed by atoms with Crippen LogP contribution in [0.2, 0.25) is 0 Å². The van der Waals surface area contributed by atoms with Crippen molar-refractivity contribution in [1.82, 2.24) is 20.1 Å². The fourth-order valence-electron chi connectivity index (χ4n) is 6.28. The van der Waals surface area contributed by atoms with E-state index >= 15 is 0 Å². The second kappa shape index (κ2) is 8.36. The fourth-order valence-corrected chi connectivity index (χ4v) is 6.28. The lowest BCUT2D eigenvalue weighted by Crippen LogP contribution is -2.69. The molecule has 31 heavy (non-hydrogen) atoms. The topological polar surface area (TPSA) is 85.8 Å². The Balaban J connectivity index is 1.39. The summed E-state index contributed by atoms with van der Waals surface area (Å²) in [6.45, 7) is 2.49. The number of aliphatic hydroxyl groups is 1. The molecular weight excluding hydrogens is 392 g/mol. The van der Waals surface area contributed by atoms with Gasteiger partial charge in [-0.25, -0.2) is 0 Å². The maximum Gasteiger partial charge on any atom is 0.243 e. The van der Waals surface area contributed by atoms with Gasteiger partial charge in [-0.15, -0.1) is 0 Å². The molecule has 1 aliphatic carbocycles. The van der Waals surface area contributed by atoms with Gasteiger partial charge in [0.1, 0.15) is 6.04 Å². The number of fused-ring (bicyclic) bond motifs is 4. The van der Waals surface area contributed by atoms with E-state index in [1.807, 2.05) is 29.3 Å². The molecule has 2 N–H and O–H groups in total. The van der Waals surface area contributed by atoms with Crippen molar-refractivity contribution in [1.29, 1.82) is 0 Å². The van der Waals surface area contributed by atoms with Gasteiger partial charge < -0.3 is 15.3 Å². The highest BCUT2D eigenvalue weighted by Gasteiger charge is 2.52. The Kier molecular flexibility index (Phi) is 5.56. The third kappa shape index (κ3) is 3.89. The zero-order chi connectivity index (χ0) is 21.4. The molecule has 2 bridgehead atoms. The standard InChI is InChI=1S/C24H32N4O3/c29-16-24(8-1-2-9-24)26-23(31)22-19-11-18(20-6-3-7-21(30)28(20)22)14-27(15-19)13-17-5-4-10-25-12-17/h1-2,4-5,10,12,18-20,22,29H,3,6-9,11,13-16H2,(H,26,31)/t18-,19+,20-,22+/m0/s1. The predicted octanol–water partition coefficient (Wildman–Crippen LogP) is 1.48. The van der Waals surface area contributed by atoms with E-state index in [0.717, 1.165) is 38.9 Å². The van der Waals surface area contributed by atoms with Crippen LogP contribution in [0, 0.1) is 11.8 Å². The lowest BCUT2D eigenvalue weighted by Gasteiger charge is -2.56. The van der Waals surface area contributed by atoms with Gasteiger partial charge in [-0.1, -0.05) is 18.2 Å². The Morgan fingerprint density at radius 3 is 2.81 bits per heavy atom. The van der Waals surface area contributed by atoms with Crippen LogP contribution >= 0.6 is 0 Å². The summed E-state index contributed by atoms with van der Waals surface area (Å²) in [7, 11) is 0. The van der Waals surface area contributed by atoms with Crippen molar-refractivity contribution in [2.24, 2.45) is 11.8 Å². The molecule has 0 unspecified atom stereocenters. The number of piperidine rings is 3. The first kappa shape index (κ1) is 20.6. The van der Waals surface area contributed by atoms with Crippen LogP contribution in [0.25, 0.3) is 0 Å². The molecule has 0 spiro atoms.